The Kier molecular flexibility index (Phi) is 3.39. The van der Waals surface area contributed by atoms with Gasteiger partial charge in [-0.15, -0.1) is 0 Å². The molecule has 3 rings (SSSR count). The summed E-state index contributed by atoms with van der Waals surface area (Å²) in [5.41, 5.74) is 1.41. The van der Waals surface area contributed by atoms with Crippen LogP contribution in [0.2, 0.25) is 0 Å². The van der Waals surface area contributed by atoms with Crippen molar-refractivity contribution < 1.29 is 18.3 Å². The fraction of sp³-hybridized carbons (Fsp3) is 0.125. The highest BCUT2D eigenvalue weighted by atomic mass is 19.1. The Morgan fingerprint density at radius 1 is 1.33 bits per heavy atom. The van der Waals surface area contributed by atoms with E-state index in [1.54, 1.807) is 43.6 Å². The second-order valence-electron chi connectivity index (χ2n) is 4.61. The third-order valence-electron chi connectivity index (χ3n) is 3.19. The first-order chi connectivity index (χ1) is 10.2. The molecule has 4 nitrogen and oxygen atoms in total. The number of pyridine rings is 1. The molecule has 0 unspecified atom stereocenters. The van der Waals surface area contributed by atoms with Crippen LogP contribution in [0, 0.1) is 12.7 Å². The summed E-state index contributed by atoms with van der Waals surface area (Å²) in [6, 6.07) is 8.12. The number of benzene rings is 1. The van der Waals surface area contributed by atoms with E-state index >= 15 is 0 Å². The first kappa shape index (κ1) is 13.3. The number of furan rings is 1. The highest BCUT2D eigenvalue weighted by Gasteiger charge is 2.20. The first-order valence-corrected chi connectivity index (χ1v) is 6.40. The van der Waals surface area contributed by atoms with Crippen LogP contribution in [0.15, 0.2) is 47.1 Å². The van der Waals surface area contributed by atoms with E-state index in [-0.39, 0.29) is 18.0 Å². The quantitative estimate of drug-likeness (QED) is 0.689. The molecule has 106 valence electrons. The molecule has 0 saturated carbocycles. The van der Waals surface area contributed by atoms with Crippen LogP contribution in [0.25, 0.3) is 11.0 Å². The van der Waals surface area contributed by atoms with E-state index in [0.717, 1.165) is 5.56 Å². The second kappa shape index (κ2) is 5.36. The molecule has 0 amide bonds. The third kappa shape index (κ3) is 2.50. The molecule has 0 fully saturated rings. The number of rotatable bonds is 3. The van der Waals surface area contributed by atoms with Gasteiger partial charge in [0.1, 0.15) is 6.61 Å². The van der Waals surface area contributed by atoms with Crippen molar-refractivity contribution in [1.29, 1.82) is 0 Å². The lowest BCUT2D eigenvalue weighted by Gasteiger charge is -2.02. The van der Waals surface area contributed by atoms with Gasteiger partial charge in [-0.05, 0) is 19.1 Å². The predicted octanol–water partition coefficient (Wildman–Crippen LogP) is 3.63. The summed E-state index contributed by atoms with van der Waals surface area (Å²) in [5, 5.41) is 0.573. The van der Waals surface area contributed by atoms with Gasteiger partial charge in [-0.1, -0.05) is 18.2 Å². The van der Waals surface area contributed by atoms with Crippen LogP contribution in [-0.2, 0) is 11.3 Å². The molecule has 0 aliphatic heterocycles. The van der Waals surface area contributed by atoms with E-state index in [1.165, 1.54) is 6.07 Å². The van der Waals surface area contributed by atoms with Crippen molar-refractivity contribution in [1.82, 2.24) is 4.98 Å². The first-order valence-electron chi connectivity index (χ1n) is 6.40. The molecule has 2 aromatic heterocycles. The Balaban J connectivity index is 1.85. The smallest absolute Gasteiger partial charge is 0.374 e. The topological polar surface area (TPSA) is 52.3 Å². The van der Waals surface area contributed by atoms with Crippen molar-refractivity contribution in [2.24, 2.45) is 0 Å². The fourth-order valence-electron chi connectivity index (χ4n) is 2.10. The summed E-state index contributed by atoms with van der Waals surface area (Å²) < 4.78 is 24.1. The Morgan fingerprint density at radius 2 is 2.19 bits per heavy atom. The van der Waals surface area contributed by atoms with Crippen molar-refractivity contribution in [3.8, 4) is 0 Å². The number of fused-ring (bicyclic) bond motifs is 1. The van der Waals surface area contributed by atoms with Gasteiger partial charge in [0.25, 0.3) is 0 Å². The number of hydrogen-bond donors (Lipinski definition) is 0. The minimum atomic E-state index is -0.619. The van der Waals surface area contributed by atoms with E-state index in [4.69, 9.17) is 9.15 Å². The number of aromatic nitrogens is 1. The van der Waals surface area contributed by atoms with Gasteiger partial charge in [-0.25, -0.2) is 9.18 Å². The molecule has 0 aliphatic rings. The van der Waals surface area contributed by atoms with Gasteiger partial charge in [-0.3, -0.25) is 4.98 Å². The summed E-state index contributed by atoms with van der Waals surface area (Å²) in [7, 11) is 0. The van der Waals surface area contributed by atoms with Crippen LogP contribution in [0.4, 0.5) is 4.39 Å². The number of para-hydroxylation sites is 1. The number of nitrogens with zero attached hydrogens (tertiary/aromatic N) is 1. The monoisotopic (exact) mass is 285 g/mol. The number of carbonyl (C=O) groups excluding carboxylic acids is 1. The van der Waals surface area contributed by atoms with Crippen molar-refractivity contribution in [3.05, 3.63) is 65.4 Å². The van der Waals surface area contributed by atoms with Crippen molar-refractivity contribution in [2.45, 2.75) is 13.5 Å². The molecule has 0 N–H and O–H groups in total. The van der Waals surface area contributed by atoms with Crippen LogP contribution in [0.5, 0.6) is 0 Å². The summed E-state index contributed by atoms with van der Waals surface area (Å²) >= 11 is 0. The summed E-state index contributed by atoms with van der Waals surface area (Å²) in [5.74, 6) is -1.09. The Morgan fingerprint density at radius 3 is 2.90 bits per heavy atom. The molecule has 0 saturated heterocycles. The zero-order valence-electron chi connectivity index (χ0n) is 11.3. The Hall–Kier alpha value is -2.69. The van der Waals surface area contributed by atoms with Gasteiger partial charge in [0.15, 0.2) is 11.4 Å². The average molecular weight is 285 g/mol. The maximum absolute atomic E-state index is 13.6. The van der Waals surface area contributed by atoms with Crippen LogP contribution in [0.3, 0.4) is 0 Å². The highest BCUT2D eigenvalue weighted by molar-refractivity contribution is 5.96. The second-order valence-corrected chi connectivity index (χ2v) is 4.61. The van der Waals surface area contributed by atoms with Gasteiger partial charge >= 0.3 is 5.97 Å². The normalized spacial score (nSPS) is 10.8. The maximum Gasteiger partial charge on any atom is 0.374 e. The van der Waals surface area contributed by atoms with Crippen molar-refractivity contribution in [2.75, 3.05) is 0 Å². The largest absolute Gasteiger partial charge is 0.455 e. The van der Waals surface area contributed by atoms with Crippen molar-refractivity contribution >= 4 is 16.9 Å². The summed E-state index contributed by atoms with van der Waals surface area (Å²) in [6.45, 7) is 1.79. The number of ether oxygens (including phenoxy) is 1. The maximum atomic E-state index is 13.6. The number of hydrogen-bond acceptors (Lipinski definition) is 4. The molecule has 0 bridgehead atoms. The lowest BCUT2D eigenvalue weighted by Crippen LogP contribution is -2.05. The molecule has 1 aromatic carbocycles. The molecular weight excluding hydrogens is 273 g/mol. The molecule has 3 aromatic rings. The van der Waals surface area contributed by atoms with Gasteiger partial charge in [-0.2, -0.15) is 0 Å². The molecule has 0 radical (unpaired) electrons. The zero-order valence-corrected chi connectivity index (χ0v) is 11.3. The van der Waals surface area contributed by atoms with Gasteiger partial charge in [0, 0.05) is 28.9 Å². The van der Waals surface area contributed by atoms with E-state index in [0.29, 0.717) is 10.9 Å². The predicted molar refractivity (Wildman–Crippen MR) is 74.3 cm³/mol. The molecule has 2 heterocycles. The Bertz CT molecular complexity index is 796. The minimum absolute atomic E-state index is 0.0268. The van der Waals surface area contributed by atoms with Crippen LogP contribution < -0.4 is 0 Å². The fourth-order valence-corrected chi connectivity index (χ4v) is 2.10. The van der Waals surface area contributed by atoms with E-state index in [9.17, 15) is 9.18 Å². The standard InChI is InChI=1S/C16H12FNO3/c1-10-12-5-2-6-13(17)15(12)21-14(10)16(19)20-9-11-4-3-7-18-8-11/h2-8H,9H2,1H3. The number of esters is 1. The molecule has 0 atom stereocenters. The van der Waals surface area contributed by atoms with Gasteiger partial charge in [0.05, 0.1) is 0 Å². The molecular formula is C16H12FNO3. The molecule has 0 aliphatic carbocycles. The van der Waals surface area contributed by atoms with E-state index < -0.39 is 11.8 Å². The Labute approximate surface area is 120 Å². The summed E-state index contributed by atoms with van der Waals surface area (Å²) in [4.78, 5) is 16.0. The zero-order chi connectivity index (χ0) is 14.8. The lowest BCUT2D eigenvalue weighted by atomic mass is 10.1. The SMILES string of the molecule is Cc1c(C(=O)OCc2cccnc2)oc2c(F)cccc12. The third-order valence-corrected chi connectivity index (χ3v) is 3.19. The van der Waals surface area contributed by atoms with E-state index in [1.807, 2.05) is 0 Å². The number of aryl methyl sites for hydroxylation is 1. The number of halogens is 1. The highest BCUT2D eigenvalue weighted by Crippen LogP contribution is 2.27. The van der Waals surface area contributed by atoms with Crippen LogP contribution in [-0.4, -0.2) is 11.0 Å². The molecule has 5 heteroatoms. The van der Waals surface area contributed by atoms with Crippen LogP contribution in [0.1, 0.15) is 21.7 Å². The number of carbonyl (C=O) groups is 1. The van der Waals surface area contributed by atoms with Gasteiger partial charge < -0.3 is 9.15 Å². The molecule has 0 spiro atoms. The lowest BCUT2D eigenvalue weighted by molar-refractivity contribution is 0.0437. The molecule has 21 heavy (non-hydrogen) atoms. The van der Waals surface area contributed by atoms with Crippen LogP contribution >= 0.6 is 0 Å². The average Bonchev–Trinajstić information content (AvgIpc) is 2.85. The van der Waals surface area contributed by atoms with Crippen molar-refractivity contribution in [3.63, 3.8) is 0 Å². The summed E-state index contributed by atoms with van der Waals surface area (Å²) in [6.07, 6.45) is 3.25. The van der Waals surface area contributed by atoms with E-state index in [2.05, 4.69) is 4.98 Å². The minimum Gasteiger partial charge on any atom is -0.455 e. The van der Waals surface area contributed by atoms with Gasteiger partial charge in [0.2, 0.25) is 5.76 Å².